The minimum atomic E-state index is -4.27. The number of rotatable bonds is 22. The first-order valence-electron chi connectivity index (χ1n) is 12.4. The molecule has 0 aromatic heterocycles. The van der Waals surface area contributed by atoms with Gasteiger partial charge in [0.1, 0.15) is 0 Å². The molecule has 0 aliphatic heterocycles. The first-order valence-corrected chi connectivity index (χ1v) is 17.2. The van der Waals surface area contributed by atoms with Gasteiger partial charge in [-0.3, -0.25) is 23.9 Å². The standard InChI is InChI=1S/C21H36N4O13S3/c1-2-23-25-24-8-3-7-22-21(26)17-15-18(36-9-4-12-39(27,28)29)20(38-11-6-14-41(33,34)35)19(16-17)37-10-5-13-40(30,31)32/h15-16H,2-14H2,1H3,(H,22,26)(H,23,24)(H,27,28,29)(H,30,31,32)(H,33,34,35). The van der Waals surface area contributed by atoms with E-state index in [1.165, 1.54) is 12.1 Å². The number of carbonyl (C=O) groups excluding carboxylic acids is 1. The minimum absolute atomic E-state index is 0.0270. The van der Waals surface area contributed by atoms with Crippen LogP contribution >= 0.6 is 0 Å². The molecule has 17 nitrogen and oxygen atoms in total. The molecule has 1 amide bonds. The second-order valence-electron chi connectivity index (χ2n) is 8.35. The first kappa shape index (κ1) is 36.2. The molecule has 0 heterocycles. The van der Waals surface area contributed by atoms with Gasteiger partial charge < -0.3 is 19.5 Å². The zero-order valence-electron chi connectivity index (χ0n) is 22.4. The van der Waals surface area contributed by atoms with Gasteiger partial charge in [0.15, 0.2) is 11.5 Å². The van der Waals surface area contributed by atoms with Crippen molar-refractivity contribution >= 4 is 36.3 Å². The fraction of sp³-hybridized carbons (Fsp3) is 0.667. The minimum Gasteiger partial charge on any atom is -0.489 e. The monoisotopic (exact) mass is 648 g/mol. The smallest absolute Gasteiger partial charge is 0.264 e. The lowest BCUT2D eigenvalue weighted by atomic mass is 10.1. The molecule has 1 rings (SSSR count). The van der Waals surface area contributed by atoms with E-state index in [2.05, 4.69) is 21.1 Å². The summed E-state index contributed by atoms with van der Waals surface area (Å²) in [6.45, 7) is 2.29. The largest absolute Gasteiger partial charge is 0.489 e. The average molecular weight is 649 g/mol. The Morgan fingerprint density at radius 1 is 0.780 bits per heavy atom. The van der Waals surface area contributed by atoms with Gasteiger partial charge in [-0.2, -0.15) is 30.4 Å². The molecule has 5 N–H and O–H groups in total. The number of amides is 1. The lowest BCUT2D eigenvalue weighted by Gasteiger charge is -2.18. The van der Waals surface area contributed by atoms with Gasteiger partial charge in [-0.15, -0.1) is 0 Å². The Balaban J connectivity index is 3.19. The summed E-state index contributed by atoms with van der Waals surface area (Å²) in [5, 5.41) is 10.3. The summed E-state index contributed by atoms with van der Waals surface area (Å²) < 4.78 is 110. The Morgan fingerprint density at radius 3 is 1.68 bits per heavy atom. The van der Waals surface area contributed by atoms with Crippen LogP contribution in [0.25, 0.3) is 0 Å². The van der Waals surface area contributed by atoms with E-state index in [1.54, 1.807) is 0 Å². The van der Waals surface area contributed by atoms with Gasteiger partial charge in [0.05, 0.1) is 43.6 Å². The Bertz CT molecular complexity index is 1260. The molecule has 0 spiro atoms. The first-order chi connectivity index (χ1) is 19.1. The van der Waals surface area contributed by atoms with Gasteiger partial charge in [-0.1, -0.05) is 5.22 Å². The van der Waals surface area contributed by atoms with Crippen LogP contribution in [-0.4, -0.2) is 102 Å². The molecule has 0 atom stereocenters. The van der Waals surface area contributed by atoms with Crippen LogP contribution in [-0.2, 0) is 30.4 Å². The van der Waals surface area contributed by atoms with E-state index in [4.69, 9.17) is 27.9 Å². The van der Waals surface area contributed by atoms with Crippen molar-refractivity contribution in [2.75, 3.05) is 56.7 Å². The fourth-order valence-electron chi connectivity index (χ4n) is 2.95. The van der Waals surface area contributed by atoms with E-state index in [0.717, 1.165) is 0 Å². The summed E-state index contributed by atoms with van der Waals surface area (Å²) in [7, 11) is -12.8. The molecule has 0 aliphatic rings. The maximum atomic E-state index is 12.8. The van der Waals surface area contributed by atoms with Crippen LogP contribution in [0.4, 0.5) is 0 Å². The Hall–Kier alpha value is -2.78. The second kappa shape index (κ2) is 17.9. The molecule has 1 aromatic rings. The number of carbonyl (C=O) groups is 1. The molecule has 20 heteroatoms. The highest BCUT2D eigenvalue weighted by atomic mass is 32.2. The number of hydrogen-bond acceptors (Lipinski definition) is 12. The quantitative estimate of drug-likeness (QED) is 0.0503. The molecule has 0 saturated heterocycles. The molecule has 0 unspecified atom stereocenters. The van der Waals surface area contributed by atoms with E-state index in [-0.39, 0.29) is 68.4 Å². The van der Waals surface area contributed by atoms with E-state index < -0.39 is 53.5 Å². The van der Waals surface area contributed by atoms with Crippen LogP contribution in [0.1, 0.15) is 43.0 Å². The van der Waals surface area contributed by atoms with Crippen LogP contribution in [0.5, 0.6) is 17.2 Å². The summed E-state index contributed by atoms with van der Waals surface area (Å²) in [6, 6.07) is 2.55. The summed E-state index contributed by atoms with van der Waals surface area (Å²) in [6.07, 6.45) is 0.0526. The van der Waals surface area contributed by atoms with Crippen LogP contribution in [0.3, 0.4) is 0 Å². The van der Waals surface area contributed by atoms with Crippen molar-refractivity contribution in [1.29, 1.82) is 0 Å². The predicted molar refractivity (Wildman–Crippen MR) is 146 cm³/mol. The Labute approximate surface area is 239 Å². The molecule has 0 saturated carbocycles. The molecule has 0 radical (unpaired) electrons. The molecular weight excluding hydrogens is 612 g/mol. The number of nitrogens with zero attached hydrogens (tertiary/aromatic N) is 2. The molecule has 0 fully saturated rings. The van der Waals surface area contributed by atoms with Gasteiger partial charge in [0.25, 0.3) is 36.3 Å². The fourth-order valence-corrected chi connectivity index (χ4v) is 4.40. The lowest BCUT2D eigenvalue weighted by molar-refractivity contribution is 0.0952. The van der Waals surface area contributed by atoms with E-state index in [9.17, 15) is 30.0 Å². The van der Waals surface area contributed by atoms with Crippen molar-refractivity contribution in [3.05, 3.63) is 17.7 Å². The van der Waals surface area contributed by atoms with Gasteiger partial charge >= 0.3 is 0 Å². The third-order valence-electron chi connectivity index (χ3n) is 4.70. The second-order valence-corrected chi connectivity index (χ2v) is 13.1. The highest BCUT2D eigenvalue weighted by Gasteiger charge is 2.20. The van der Waals surface area contributed by atoms with Crippen LogP contribution in [0.2, 0.25) is 0 Å². The normalized spacial score (nSPS) is 12.3. The van der Waals surface area contributed by atoms with Crippen molar-refractivity contribution in [2.45, 2.75) is 32.6 Å². The maximum Gasteiger partial charge on any atom is 0.264 e. The average Bonchev–Trinajstić information content (AvgIpc) is 2.85. The van der Waals surface area contributed by atoms with Crippen LogP contribution < -0.4 is 25.0 Å². The summed E-state index contributed by atoms with van der Waals surface area (Å²) in [5.41, 5.74) is 2.70. The number of benzene rings is 1. The highest BCUT2D eigenvalue weighted by molar-refractivity contribution is 7.86. The van der Waals surface area contributed by atoms with Crippen LogP contribution in [0, 0.1) is 0 Å². The van der Waals surface area contributed by atoms with Gasteiger partial charge in [-0.25, -0.2) is 0 Å². The van der Waals surface area contributed by atoms with Crippen molar-refractivity contribution < 1.29 is 57.9 Å². The number of ether oxygens (including phenoxy) is 3. The number of hydrogen-bond donors (Lipinski definition) is 5. The Morgan fingerprint density at radius 2 is 1.24 bits per heavy atom. The van der Waals surface area contributed by atoms with Crippen molar-refractivity contribution in [3.8, 4) is 17.2 Å². The Kier molecular flexibility index (Phi) is 15.8. The molecule has 1 aromatic carbocycles. The number of nitrogens with one attached hydrogen (secondary N) is 2. The zero-order valence-corrected chi connectivity index (χ0v) is 24.8. The molecule has 0 bridgehead atoms. The highest BCUT2D eigenvalue weighted by Crippen LogP contribution is 2.39. The van der Waals surface area contributed by atoms with Gasteiger partial charge in [0.2, 0.25) is 5.75 Å². The third-order valence-corrected chi connectivity index (χ3v) is 7.12. The maximum absolute atomic E-state index is 12.8. The van der Waals surface area contributed by atoms with Gasteiger partial charge in [-0.05, 0) is 44.7 Å². The van der Waals surface area contributed by atoms with Crippen molar-refractivity contribution in [3.63, 3.8) is 0 Å². The topological polar surface area (TPSA) is 257 Å². The van der Waals surface area contributed by atoms with Gasteiger partial charge in [0, 0.05) is 18.7 Å². The van der Waals surface area contributed by atoms with Crippen molar-refractivity contribution in [2.24, 2.45) is 10.3 Å². The van der Waals surface area contributed by atoms with Crippen molar-refractivity contribution in [1.82, 2.24) is 10.7 Å². The zero-order chi connectivity index (χ0) is 30.9. The molecule has 236 valence electrons. The van der Waals surface area contributed by atoms with E-state index >= 15 is 0 Å². The summed E-state index contributed by atoms with van der Waals surface area (Å²) in [4.78, 5) is 12.8. The van der Waals surface area contributed by atoms with E-state index in [1.807, 2.05) is 6.92 Å². The molecule has 41 heavy (non-hydrogen) atoms. The predicted octanol–water partition coefficient (Wildman–Crippen LogP) is 0.753. The molecule has 0 aliphatic carbocycles. The summed E-state index contributed by atoms with van der Waals surface area (Å²) in [5.74, 6) is -2.69. The SMILES string of the molecule is CCNN=NCCCNC(=O)c1cc(OCCCS(=O)(=O)O)c(OCCCS(=O)(=O)O)c(OCCCS(=O)(=O)O)c1. The van der Waals surface area contributed by atoms with Crippen LogP contribution in [0.15, 0.2) is 22.5 Å². The van der Waals surface area contributed by atoms with E-state index in [0.29, 0.717) is 19.5 Å². The molecular formula is C21H36N4O13S3. The summed E-state index contributed by atoms with van der Waals surface area (Å²) >= 11 is 0. The third kappa shape index (κ3) is 18.3. The lowest BCUT2D eigenvalue weighted by Crippen LogP contribution is -2.25.